The van der Waals surface area contributed by atoms with Gasteiger partial charge in [-0.2, -0.15) is 0 Å². The molecule has 15 heavy (non-hydrogen) atoms. The Hall–Kier alpha value is -0.910. The van der Waals surface area contributed by atoms with Gasteiger partial charge in [0.05, 0.1) is 6.54 Å². The molecule has 0 spiro atoms. The van der Waals surface area contributed by atoms with E-state index < -0.39 is 0 Å². The number of nitrogens with two attached hydrogens (primary N) is 1. The first-order valence-electron chi connectivity index (χ1n) is 4.36. The second-order valence-electron chi connectivity index (χ2n) is 2.86. The first kappa shape index (κ1) is 14.1. The normalized spacial score (nSPS) is 14.2. The first-order valence-corrected chi connectivity index (χ1v) is 5.24. The molecule has 0 radical (unpaired) electrons. The van der Waals surface area contributed by atoms with E-state index in [0.29, 0.717) is 6.54 Å². The molecule has 2 N–H and O–H groups in total. The highest BCUT2D eigenvalue weighted by Gasteiger charge is 2.09. The van der Waals surface area contributed by atoms with Crippen molar-refractivity contribution in [2.45, 2.75) is 13.0 Å². The molecule has 0 saturated carbocycles. The lowest BCUT2D eigenvalue weighted by atomic mass is 10.3. The van der Waals surface area contributed by atoms with E-state index in [2.05, 4.69) is 23.3 Å². The Kier molecular flexibility index (Phi) is 7.89. The molecule has 84 valence electrons. The van der Waals surface area contributed by atoms with Gasteiger partial charge >= 0.3 is 0 Å². The van der Waals surface area contributed by atoms with Gasteiger partial charge in [-0.3, -0.25) is 15.1 Å². The number of methoxy groups -OCH3 is 1. The zero-order chi connectivity index (χ0) is 11.7. The van der Waals surface area contributed by atoms with Gasteiger partial charge in [0.2, 0.25) is 0 Å². The van der Waals surface area contributed by atoms with Crippen LogP contribution in [0.2, 0.25) is 0 Å². The Balaban J connectivity index is 4.16. The second kappa shape index (κ2) is 8.40. The van der Waals surface area contributed by atoms with E-state index in [1.165, 1.54) is 0 Å². The van der Waals surface area contributed by atoms with Crippen molar-refractivity contribution in [2.75, 3.05) is 13.7 Å². The summed E-state index contributed by atoms with van der Waals surface area (Å²) in [5.74, 6) is 0. The highest BCUT2D eigenvalue weighted by Crippen LogP contribution is 2.13. The largest absolute Gasteiger partial charge is 0.374 e. The van der Waals surface area contributed by atoms with E-state index >= 15 is 0 Å². The molecule has 0 aromatic carbocycles. The third-order valence-electron chi connectivity index (χ3n) is 1.66. The molecule has 0 aliphatic carbocycles. The van der Waals surface area contributed by atoms with Crippen LogP contribution in [0.4, 0.5) is 0 Å². The molecule has 1 atom stereocenters. The van der Waals surface area contributed by atoms with Crippen molar-refractivity contribution in [1.82, 2.24) is 0 Å². The third kappa shape index (κ3) is 6.22. The monoisotopic (exact) mass is 227 g/mol. The van der Waals surface area contributed by atoms with Crippen LogP contribution in [0.1, 0.15) is 6.92 Å². The van der Waals surface area contributed by atoms with Crippen molar-refractivity contribution < 1.29 is 4.74 Å². The third-order valence-corrected chi connectivity index (χ3v) is 2.22. The smallest absolute Gasteiger partial charge is 0.108 e. The average molecular weight is 227 g/mol. The molecule has 0 saturated heterocycles. The Morgan fingerprint density at radius 1 is 1.67 bits per heavy atom. The van der Waals surface area contributed by atoms with Crippen LogP contribution in [0.5, 0.6) is 0 Å². The van der Waals surface area contributed by atoms with Crippen molar-refractivity contribution in [1.29, 1.82) is 0 Å². The summed E-state index contributed by atoms with van der Waals surface area (Å²) >= 11 is 1.09. The van der Waals surface area contributed by atoms with E-state index in [-0.39, 0.29) is 6.10 Å². The molecule has 0 bridgehead atoms. The molecule has 0 aromatic heterocycles. The van der Waals surface area contributed by atoms with Crippen LogP contribution in [0.25, 0.3) is 0 Å². The van der Waals surface area contributed by atoms with Crippen LogP contribution in [0.3, 0.4) is 0 Å². The second-order valence-corrected chi connectivity index (χ2v) is 3.62. The molecule has 0 aromatic rings. The van der Waals surface area contributed by atoms with E-state index in [1.54, 1.807) is 19.5 Å². The summed E-state index contributed by atoms with van der Waals surface area (Å²) < 4.78 is 5.18. The van der Waals surface area contributed by atoms with Crippen LogP contribution in [-0.2, 0) is 4.74 Å². The van der Waals surface area contributed by atoms with Gasteiger partial charge in [0, 0.05) is 24.4 Å². The summed E-state index contributed by atoms with van der Waals surface area (Å²) in [6.07, 6.45) is 3.20. The fourth-order valence-corrected chi connectivity index (χ4v) is 1.18. The summed E-state index contributed by atoms with van der Waals surface area (Å²) in [4.78, 5) is 8.59. The lowest BCUT2D eigenvalue weighted by molar-refractivity contribution is 0.145. The minimum Gasteiger partial charge on any atom is -0.374 e. The van der Waals surface area contributed by atoms with Gasteiger partial charge in [-0.1, -0.05) is 18.5 Å². The van der Waals surface area contributed by atoms with E-state index in [1.807, 2.05) is 6.92 Å². The average Bonchev–Trinajstić information content (AvgIpc) is 2.24. The Morgan fingerprint density at radius 2 is 2.33 bits per heavy atom. The van der Waals surface area contributed by atoms with E-state index in [9.17, 15) is 0 Å². The van der Waals surface area contributed by atoms with Crippen molar-refractivity contribution in [3.63, 3.8) is 0 Å². The van der Waals surface area contributed by atoms with Gasteiger partial charge in [0.25, 0.3) is 0 Å². The fourth-order valence-electron chi connectivity index (χ4n) is 0.853. The molecule has 0 amide bonds. The maximum Gasteiger partial charge on any atom is 0.108 e. The number of rotatable bonds is 7. The molecule has 0 fully saturated rings. The Bertz CT molecular complexity index is 274. The number of hydrogen-bond acceptors (Lipinski definition) is 5. The quantitative estimate of drug-likeness (QED) is 0.533. The molecule has 5 heteroatoms. The number of ether oxygens (including phenoxy) is 1. The highest BCUT2D eigenvalue weighted by molar-refractivity contribution is 8.00. The van der Waals surface area contributed by atoms with Crippen molar-refractivity contribution in [2.24, 2.45) is 15.1 Å². The van der Waals surface area contributed by atoms with Crippen LogP contribution >= 0.6 is 11.9 Å². The van der Waals surface area contributed by atoms with Gasteiger partial charge in [-0.15, -0.1) is 0 Å². The zero-order valence-corrected chi connectivity index (χ0v) is 9.96. The minimum atomic E-state index is -0.152. The SMILES string of the molecule is C=N/C=C(C)\C=N/CC(OC)C(=C)SN. The highest BCUT2D eigenvalue weighted by atomic mass is 32.2. The maximum atomic E-state index is 5.38. The molecular weight excluding hydrogens is 210 g/mol. The number of nitrogens with zero attached hydrogens (tertiary/aromatic N) is 2. The minimum absolute atomic E-state index is 0.152. The van der Waals surface area contributed by atoms with E-state index in [0.717, 1.165) is 22.4 Å². The summed E-state index contributed by atoms with van der Waals surface area (Å²) in [5, 5.41) is 5.38. The van der Waals surface area contributed by atoms with E-state index in [4.69, 9.17) is 9.88 Å². The Labute approximate surface area is 95.1 Å². The molecule has 0 aliphatic heterocycles. The number of aliphatic imine (C=N–C) groups is 2. The van der Waals surface area contributed by atoms with Gasteiger partial charge in [-0.25, -0.2) is 0 Å². The first-order chi connectivity index (χ1) is 7.15. The molecule has 1 unspecified atom stereocenters. The van der Waals surface area contributed by atoms with Gasteiger partial charge in [-0.05, 0) is 19.2 Å². The fraction of sp³-hybridized carbons (Fsp3) is 0.400. The predicted octanol–water partition coefficient (Wildman–Crippen LogP) is 1.80. The number of hydrogen-bond donors (Lipinski definition) is 1. The Morgan fingerprint density at radius 3 is 2.80 bits per heavy atom. The molecule has 0 rings (SSSR count). The lowest BCUT2D eigenvalue weighted by Gasteiger charge is -2.12. The summed E-state index contributed by atoms with van der Waals surface area (Å²) in [6.45, 7) is 9.53. The van der Waals surface area contributed by atoms with Gasteiger partial charge in [0.15, 0.2) is 0 Å². The van der Waals surface area contributed by atoms with Crippen molar-refractivity contribution >= 4 is 24.9 Å². The molecule has 0 heterocycles. The summed E-state index contributed by atoms with van der Waals surface area (Å²) in [5.41, 5.74) is 0.936. The summed E-state index contributed by atoms with van der Waals surface area (Å²) in [7, 11) is 1.61. The van der Waals surface area contributed by atoms with Gasteiger partial charge in [0.1, 0.15) is 6.10 Å². The maximum absolute atomic E-state index is 5.38. The predicted molar refractivity (Wildman–Crippen MR) is 68.4 cm³/mol. The van der Waals surface area contributed by atoms with Crippen LogP contribution in [0, 0.1) is 0 Å². The van der Waals surface area contributed by atoms with Crippen molar-refractivity contribution in [3.8, 4) is 0 Å². The van der Waals surface area contributed by atoms with Crippen LogP contribution < -0.4 is 5.14 Å². The van der Waals surface area contributed by atoms with Crippen LogP contribution in [-0.4, -0.2) is 32.7 Å². The van der Waals surface area contributed by atoms with Gasteiger partial charge < -0.3 is 4.74 Å². The number of allylic oxidation sites excluding steroid dienone is 1. The zero-order valence-electron chi connectivity index (χ0n) is 9.14. The topological polar surface area (TPSA) is 60.0 Å². The molecule has 4 nitrogen and oxygen atoms in total. The van der Waals surface area contributed by atoms with Crippen LogP contribution in [0.15, 0.2) is 33.2 Å². The molecule has 0 aliphatic rings. The molecular formula is C10H17N3OS. The summed E-state index contributed by atoms with van der Waals surface area (Å²) in [6, 6.07) is 0. The van der Waals surface area contributed by atoms with Crippen molar-refractivity contribution in [3.05, 3.63) is 23.3 Å². The standard InChI is InChI=1S/C10H17N3OS/c1-8(5-12-3)6-13-7-10(14-4)9(2)15-11/h5-6,10H,2-3,7,11H2,1,4H3/b8-5-,13-6-. The lowest BCUT2D eigenvalue weighted by Crippen LogP contribution is -2.16.